The van der Waals surface area contributed by atoms with Gasteiger partial charge in [0.15, 0.2) is 0 Å². The van der Waals surface area contributed by atoms with Crippen molar-refractivity contribution in [3.8, 4) is 0 Å². The predicted octanol–water partition coefficient (Wildman–Crippen LogP) is 1.62. The quantitative estimate of drug-likeness (QED) is 0.790. The zero-order valence-electron chi connectivity index (χ0n) is 13.7. The molecule has 0 radical (unpaired) electrons. The number of aryl methyl sites for hydroxylation is 1. The second-order valence-corrected chi connectivity index (χ2v) is 8.03. The van der Waals surface area contributed by atoms with Crippen LogP contribution in [0.15, 0.2) is 12.1 Å². The van der Waals surface area contributed by atoms with Gasteiger partial charge >= 0.3 is 0 Å². The van der Waals surface area contributed by atoms with Gasteiger partial charge in [-0.15, -0.1) is 0 Å². The Kier molecular flexibility index (Phi) is 6.61. The van der Waals surface area contributed by atoms with Crippen LogP contribution in [0.3, 0.4) is 0 Å². The minimum absolute atomic E-state index is 0.140. The van der Waals surface area contributed by atoms with E-state index >= 15 is 0 Å². The summed E-state index contributed by atoms with van der Waals surface area (Å²) in [5.41, 5.74) is 2.20. The molecule has 21 heavy (non-hydrogen) atoms. The van der Waals surface area contributed by atoms with E-state index in [9.17, 15) is 8.42 Å². The maximum absolute atomic E-state index is 11.3. The standard InChI is InChI=1S/C15H27N3O2S/c1-6-14-9-13(11-16-12(2)3)10-15(17-14)18(4)7-8-21(5,19)20/h9-10,12,16H,6-8,11H2,1-5H3. The Labute approximate surface area is 128 Å². The van der Waals surface area contributed by atoms with Crippen LogP contribution in [0.2, 0.25) is 0 Å². The Hall–Kier alpha value is -1.14. The lowest BCUT2D eigenvalue weighted by atomic mass is 10.2. The Balaban J connectivity index is 2.86. The zero-order chi connectivity index (χ0) is 16.0. The molecule has 0 amide bonds. The van der Waals surface area contributed by atoms with Gasteiger partial charge < -0.3 is 10.2 Å². The summed E-state index contributed by atoms with van der Waals surface area (Å²) in [6.45, 7) is 7.54. The molecule has 0 spiro atoms. The Morgan fingerprint density at radius 3 is 2.52 bits per heavy atom. The van der Waals surface area contributed by atoms with E-state index in [1.165, 1.54) is 11.8 Å². The second kappa shape index (κ2) is 7.75. The normalized spacial score (nSPS) is 11.9. The van der Waals surface area contributed by atoms with Gasteiger partial charge in [0.2, 0.25) is 0 Å². The van der Waals surface area contributed by atoms with Crippen LogP contribution >= 0.6 is 0 Å². The van der Waals surface area contributed by atoms with Gasteiger partial charge in [-0.25, -0.2) is 13.4 Å². The van der Waals surface area contributed by atoms with Gasteiger partial charge in [-0.2, -0.15) is 0 Å². The molecule has 1 N–H and O–H groups in total. The molecule has 0 fully saturated rings. The number of hydrogen-bond donors (Lipinski definition) is 1. The number of nitrogens with one attached hydrogen (secondary N) is 1. The van der Waals surface area contributed by atoms with Crippen LogP contribution in [0.1, 0.15) is 32.0 Å². The van der Waals surface area contributed by atoms with Crippen molar-refractivity contribution in [1.29, 1.82) is 0 Å². The van der Waals surface area contributed by atoms with E-state index in [0.717, 1.165) is 24.5 Å². The van der Waals surface area contributed by atoms with E-state index in [1.54, 1.807) is 0 Å². The highest BCUT2D eigenvalue weighted by Crippen LogP contribution is 2.15. The minimum atomic E-state index is -2.96. The lowest BCUT2D eigenvalue weighted by Crippen LogP contribution is -2.26. The van der Waals surface area contributed by atoms with Crippen molar-refractivity contribution < 1.29 is 8.42 Å². The molecule has 0 unspecified atom stereocenters. The van der Waals surface area contributed by atoms with Crippen LogP contribution in [-0.4, -0.2) is 45.0 Å². The number of sulfone groups is 1. The molecule has 1 rings (SSSR count). The third kappa shape index (κ3) is 6.91. The van der Waals surface area contributed by atoms with Crippen LogP contribution in [-0.2, 0) is 22.8 Å². The summed E-state index contributed by atoms with van der Waals surface area (Å²) in [6.07, 6.45) is 2.12. The van der Waals surface area contributed by atoms with Gasteiger partial charge in [0.25, 0.3) is 0 Å². The molecule has 0 aromatic carbocycles. The molecule has 120 valence electrons. The lowest BCUT2D eigenvalue weighted by Gasteiger charge is -2.20. The number of hydrogen-bond acceptors (Lipinski definition) is 5. The molecule has 1 aromatic rings. The summed E-state index contributed by atoms with van der Waals surface area (Å²) >= 11 is 0. The smallest absolute Gasteiger partial charge is 0.149 e. The number of nitrogens with zero attached hydrogens (tertiary/aromatic N) is 2. The van der Waals surface area contributed by atoms with Gasteiger partial charge in [0.05, 0.1) is 5.75 Å². The molecule has 0 aliphatic carbocycles. The molecule has 6 heteroatoms. The van der Waals surface area contributed by atoms with Gasteiger partial charge in [0.1, 0.15) is 15.7 Å². The van der Waals surface area contributed by atoms with Crippen LogP contribution in [0.25, 0.3) is 0 Å². The monoisotopic (exact) mass is 313 g/mol. The number of aromatic nitrogens is 1. The molecule has 5 nitrogen and oxygen atoms in total. The summed E-state index contributed by atoms with van der Waals surface area (Å²) in [5, 5.41) is 3.39. The van der Waals surface area contributed by atoms with E-state index in [1.807, 2.05) is 18.0 Å². The van der Waals surface area contributed by atoms with Gasteiger partial charge in [-0.3, -0.25) is 0 Å². The van der Waals surface area contributed by atoms with Gasteiger partial charge in [-0.1, -0.05) is 20.8 Å². The number of anilines is 1. The Morgan fingerprint density at radius 1 is 1.33 bits per heavy atom. The first kappa shape index (κ1) is 17.9. The predicted molar refractivity (Wildman–Crippen MR) is 88.6 cm³/mol. The van der Waals surface area contributed by atoms with Crippen molar-refractivity contribution in [2.75, 3.05) is 30.5 Å². The molecule has 0 saturated heterocycles. The third-order valence-corrected chi connectivity index (χ3v) is 4.11. The fourth-order valence-corrected chi connectivity index (χ4v) is 2.46. The highest BCUT2D eigenvalue weighted by molar-refractivity contribution is 7.90. The second-order valence-electron chi connectivity index (χ2n) is 5.77. The first-order chi connectivity index (χ1) is 9.71. The third-order valence-electron chi connectivity index (χ3n) is 3.19. The maximum Gasteiger partial charge on any atom is 0.149 e. The Morgan fingerprint density at radius 2 is 2.00 bits per heavy atom. The van der Waals surface area contributed by atoms with Crippen LogP contribution in [0.5, 0.6) is 0 Å². The maximum atomic E-state index is 11.3. The average Bonchev–Trinajstić information content (AvgIpc) is 2.41. The van der Waals surface area contributed by atoms with Crippen molar-refractivity contribution in [2.24, 2.45) is 0 Å². The molecular weight excluding hydrogens is 286 g/mol. The molecule has 0 aliphatic rings. The van der Waals surface area contributed by atoms with E-state index in [4.69, 9.17) is 0 Å². The van der Waals surface area contributed by atoms with Crippen molar-refractivity contribution in [3.05, 3.63) is 23.4 Å². The summed E-state index contributed by atoms with van der Waals surface area (Å²) in [6, 6.07) is 4.55. The zero-order valence-corrected chi connectivity index (χ0v) is 14.5. The highest BCUT2D eigenvalue weighted by atomic mass is 32.2. The summed E-state index contributed by atoms with van der Waals surface area (Å²) < 4.78 is 22.6. The summed E-state index contributed by atoms with van der Waals surface area (Å²) in [5.74, 6) is 0.972. The van der Waals surface area contributed by atoms with Crippen LogP contribution in [0.4, 0.5) is 5.82 Å². The summed E-state index contributed by atoms with van der Waals surface area (Å²) in [7, 11) is -1.07. The highest BCUT2D eigenvalue weighted by Gasteiger charge is 2.10. The van der Waals surface area contributed by atoms with E-state index in [-0.39, 0.29) is 5.75 Å². The molecule has 1 heterocycles. The molecule has 0 saturated carbocycles. The fraction of sp³-hybridized carbons (Fsp3) is 0.667. The minimum Gasteiger partial charge on any atom is -0.359 e. The SMILES string of the molecule is CCc1cc(CNC(C)C)cc(N(C)CCS(C)(=O)=O)n1. The van der Waals surface area contributed by atoms with Crippen LogP contribution < -0.4 is 10.2 Å². The van der Waals surface area contributed by atoms with Crippen molar-refractivity contribution in [2.45, 2.75) is 39.8 Å². The van der Waals surface area contributed by atoms with Crippen LogP contribution in [0, 0.1) is 0 Å². The van der Waals surface area contributed by atoms with E-state index in [2.05, 4.69) is 37.1 Å². The van der Waals surface area contributed by atoms with E-state index in [0.29, 0.717) is 12.6 Å². The fourth-order valence-electron chi connectivity index (χ4n) is 1.85. The van der Waals surface area contributed by atoms with Crippen molar-refractivity contribution >= 4 is 15.7 Å². The van der Waals surface area contributed by atoms with Crippen molar-refractivity contribution in [1.82, 2.24) is 10.3 Å². The number of pyridine rings is 1. The van der Waals surface area contributed by atoms with Gasteiger partial charge in [0, 0.05) is 38.1 Å². The molecular formula is C15H27N3O2S. The molecule has 1 aromatic heterocycles. The largest absolute Gasteiger partial charge is 0.359 e. The molecule has 0 aliphatic heterocycles. The first-order valence-electron chi connectivity index (χ1n) is 7.33. The van der Waals surface area contributed by atoms with Gasteiger partial charge in [-0.05, 0) is 24.1 Å². The number of rotatable bonds is 8. The summed E-state index contributed by atoms with van der Waals surface area (Å²) in [4.78, 5) is 6.48. The van der Waals surface area contributed by atoms with Crippen molar-refractivity contribution in [3.63, 3.8) is 0 Å². The topological polar surface area (TPSA) is 62.3 Å². The van der Waals surface area contributed by atoms with E-state index < -0.39 is 9.84 Å². The molecule has 0 atom stereocenters. The lowest BCUT2D eigenvalue weighted by molar-refractivity contribution is 0.588. The molecule has 0 bridgehead atoms. The average molecular weight is 313 g/mol. The first-order valence-corrected chi connectivity index (χ1v) is 9.39. The Bertz CT molecular complexity index is 556.